The van der Waals surface area contributed by atoms with Crippen LogP contribution in [0, 0.1) is 0 Å². The largest absolute Gasteiger partial charge is 0.369 e. The molecule has 1 fully saturated rings. The number of nitrogens with zero attached hydrogens (tertiary/aromatic N) is 3. The van der Waals surface area contributed by atoms with Crippen LogP contribution in [0.2, 0.25) is 0 Å². The van der Waals surface area contributed by atoms with Gasteiger partial charge in [-0.3, -0.25) is 9.79 Å². The summed E-state index contributed by atoms with van der Waals surface area (Å²) in [6, 6.07) is 18.6. The number of guanidine groups is 1. The molecule has 1 aliphatic heterocycles. The first-order chi connectivity index (χ1) is 13.6. The molecule has 1 atom stereocenters. The number of rotatable bonds is 5. The second kappa shape index (κ2) is 9.26. The summed E-state index contributed by atoms with van der Waals surface area (Å²) in [5.74, 6) is 0.814. The highest BCUT2D eigenvalue weighted by atomic mass is 16.2. The van der Waals surface area contributed by atoms with Gasteiger partial charge < -0.3 is 20.4 Å². The molecule has 28 heavy (non-hydrogen) atoms. The van der Waals surface area contributed by atoms with Crippen LogP contribution in [-0.2, 0) is 6.54 Å². The number of carbonyl (C=O) groups is 1. The Kier molecular flexibility index (Phi) is 6.53. The van der Waals surface area contributed by atoms with Gasteiger partial charge >= 0.3 is 0 Å². The number of amides is 1. The lowest BCUT2D eigenvalue weighted by atomic mass is 10.1. The number of hydrogen-bond acceptors (Lipinski definition) is 3. The molecule has 0 spiro atoms. The Morgan fingerprint density at radius 3 is 2.50 bits per heavy atom. The predicted molar refractivity (Wildman–Crippen MR) is 115 cm³/mol. The monoisotopic (exact) mass is 379 g/mol. The molecule has 6 nitrogen and oxygen atoms in total. The number of hydrogen-bond donors (Lipinski definition) is 2. The molecule has 2 N–H and O–H groups in total. The lowest BCUT2D eigenvalue weighted by Gasteiger charge is -2.20. The van der Waals surface area contributed by atoms with Crippen LogP contribution in [0.25, 0.3) is 0 Å². The topological polar surface area (TPSA) is 60.0 Å². The van der Waals surface area contributed by atoms with Crippen molar-refractivity contribution in [3.05, 3.63) is 65.7 Å². The number of nitrogens with one attached hydrogen (secondary N) is 2. The Balaban J connectivity index is 1.49. The van der Waals surface area contributed by atoms with Gasteiger partial charge in [-0.05, 0) is 36.2 Å². The van der Waals surface area contributed by atoms with Crippen LogP contribution < -0.4 is 15.5 Å². The van der Waals surface area contributed by atoms with E-state index in [0.29, 0.717) is 18.2 Å². The maximum absolute atomic E-state index is 12.0. The van der Waals surface area contributed by atoms with E-state index >= 15 is 0 Å². The molecule has 148 valence electrons. The zero-order chi connectivity index (χ0) is 19.9. The molecular formula is C22H29N5O. The highest BCUT2D eigenvalue weighted by molar-refractivity contribution is 5.93. The van der Waals surface area contributed by atoms with Gasteiger partial charge in [-0.2, -0.15) is 0 Å². The van der Waals surface area contributed by atoms with Gasteiger partial charge in [0.25, 0.3) is 5.91 Å². The first kappa shape index (κ1) is 19.7. The summed E-state index contributed by atoms with van der Waals surface area (Å²) in [6.45, 7) is 2.66. The van der Waals surface area contributed by atoms with E-state index in [2.05, 4.69) is 44.8 Å². The van der Waals surface area contributed by atoms with E-state index in [-0.39, 0.29) is 5.91 Å². The maximum Gasteiger partial charge on any atom is 0.253 e. The van der Waals surface area contributed by atoms with Crippen LogP contribution in [-0.4, -0.2) is 57.0 Å². The molecule has 2 aromatic carbocycles. The SMILES string of the molecule is CN=C(NCc1ccc(C(=O)N(C)C)cc1)NC1CCN(c2ccccc2)C1. The zero-order valence-corrected chi connectivity index (χ0v) is 16.9. The van der Waals surface area contributed by atoms with Gasteiger partial charge in [0.2, 0.25) is 0 Å². The van der Waals surface area contributed by atoms with Crippen LogP contribution in [0.1, 0.15) is 22.3 Å². The second-order valence-electron chi connectivity index (χ2n) is 7.23. The summed E-state index contributed by atoms with van der Waals surface area (Å²) in [6.07, 6.45) is 1.08. The van der Waals surface area contributed by atoms with Gasteiger partial charge in [0.1, 0.15) is 0 Å². The van der Waals surface area contributed by atoms with Crippen molar-refractivity contribution >= 4 is 17.6 Å². The molecule has 0 aromatic heterocycles. The van der Waals surface area contributed by atoms with Crippen molar-refractivity contribution in [1.82, 2.24) is 15.5 Å². The summed E-state index contributed by atoms with van der Waals surface area (Å²) >= 11 is 0. The Hall–Kier alpha value is -3.02. The Morgan fingerprint density at radius 2 is 1.86 bits per heavy atom. The van der Waals surface area contributed by atoms with Crippen LogP contribution in [0.3, 0.4) is 0 Å². The molecule has 1 saturated heterocycles. The minimum Gasteiger partial charge on any atom is -0.369 e. The predicted octanol–water partition coefficient (Wildman–Crippen LogP) is 2.33. The normalized spacial score (nSPS) is 16.8. The van der Waals surface area contributed by atoms with Crippen LogP contribution in [0.5, 0.6) is 0 Å². The van der Waals surface area contributed by atoms with E-state index in [1.165, 1.54) is 5.69 Å². The van der Waals surface area contributed by atoms with Crippen molar-refractivity contribution in [2.45, 2.75) is 19.0 Å². The standard InChI is InChI=1S/C22H29N5O/c1-23-22(24-15-17-9-11-18(12-10-17)21(28)26(2)3)25-19-13-14-27(16-19)20-7-5-4-6-8-20/h4-12,19H,13-16H2,1-3H3,(H2,23,24,25). The van der Waals surface area contributed by atoms with Crippen LogP contribution >= 0.6 is 0 Å². The molecule has 0 saturated carbocycles. The third-order valence-electron chi connectivity index (χ3n) is 4.94. The van der Waals surface area contributed by atoms with E-state index < -0.39 is 0 Å². The summed E-state index contributed by atoms with van der Waals surface area (Å²) in [7, 11) is 5.31. The number of benzene rings is 2. The summed E-state index contributed by atoms with van der Waals surface area (Å²) in [4.78, 5) is 20.3. The highest BCUT2D eigenvalue weighted by Crippen LogP contribution is 2.19. The zero-order valence-electron chi connectivity index (χ0n) is 16.9. The number of anilines is 1. The molecule has 1 aliphatic rings. The van der Waals surface area contributed by atoms with E-state index in [0.717, 1.165) is 31.0 Å². The first-order valence-corrected chi connectivity index (χ1v) is 9.64. The Labute approximate surface area is 167 Å². The maximum atomic E-state index is 12.0. The van der Waals surface area contributed by atoms with Crippen molar-refractivity contribution in [2.75, 3.05) is 39.1 Å². The number of carbonyl (C=O) groups excluding carboxylic acids is 1. The molecular weight excluding hydrogens is 350 g/mol. The fourth-order valence-electron chi connectivity index (χ4n) is 3.35. The third-order valence-corrected chi connectivity index (χ3v) is 4.94. The quantitative estimate of drug-likeness (QED) is 0.618. The number of aliphatic imine (C=N–C) groups is 1. The summed E-state index contributed by atoms with van der Waals surface area (Å²) in [5.41, 5.74) is 3.07. The molecule has 0 bridgehead atoms. The lowest BCUT2D eigenvalue weighted by Crippen LogP contribution is -2.44. The minimum absolute atomic E-state index is 0.0150. The Morgan fingerprint density at radius 1 is 1.14 bits per heavy atom. The van der Waals surface area contributed by atoms with E-state index in [1.54, 1.807) is 26.0 Å². The molecule has 1 amide bonds. The average molecular weight is 380 g/mol. The summed E-state index contributed by atoms with van der Waals surface area (Å²) in [5, 5.41) is 6.88. The molecule has 3 rings (SSSR count). The van der Waals surface area contributed by atoms with Gasteiger partial charge in [-0.15, -0.1) is 0 Å². The summed E-state index contributed by atoms with van der Waals surface area (Å²) < 4.78 is 0. The minimum atomic E-state index is 0.0150. The molecule has 2 aromatic rings. The van der Waals surface area contributed by atoms with Crippen LogP contribution in [0.4, 0.5) is 5.69 Å². The van der Waals surface area contributed by atoms with Crippen molar-refractivity contribution in [3.63, 3.8) is 0 Å². The highest BCUT2D eigenvalue weighted by Gasteiger charge is 2.23. The fourth-order valence-corrected chi connectivity index (χ4v) is 3.35. The molecule has 1 unspecified atom stereocenters. The van der Waals surface area contributed by atoms with Gasteiger partial charge in [0.15, 0.2) is 5.96 Å². The average Bonchev–Trinajstić information content (AvgIpc) is 3.20. The van der Waals surface area contributed by atoms with Crippen molar-refractivity contribution < 1.29 is 4.79 Å². The molecule has 0 radical (unpaired) electrons. The van der Waals surface area contributed by atoms with E-state index in [9.17, 15) is 4.79 Å². The fraction of sp³-hybridized carbons (Fsp3) is 0.364. The van der Waals surface area contributed by atoms with Gasteiger partial charge in [-0.1, -0.05) is 30.3 Å². The second-order valence-corrected chi connectivity index (χ2v) is 7.23. The van der Waals surface area contributed by atoms with Gasteiger partial charge in [0, 0.05) is 58.1 Å². The third kappa shape index (κ3) is 5.03. The molecule has 1 heterocycles. The van der Waals surface area contributed by atoms with Gasteiger partial charge in [0.05, 0.1) is 0 Å². The van der Waals surface area contributed by atoms with Crippen molar-refractivity contribution in [1.29, 1.82) is 0 Å². The smallest absolute Gasteiger partial charge is 0.253 e. The van der Waals surface area contributed by atoms with Crippen molar-refractivity contribution in [2.24, 2.45) is 4.99 Å². The lowest BCUT2D eigenvalue weighted by molar-refractivity contribution is 0.0827. The van der Waals surface area contributed by atoms with Crippen LogP contribution in [0.15, 0.2) is 59.6 Å². The molecule has 0 aliphatic carbocycles. The van der Waals surface area contributed by atoms with E-state index in [4.69, 9.17) is 0 Å². The van der Waals surface area contributed by atoms with Crippen molar-refractivity contribution in [3.8, 4) is 0 Å². The molecule has 6 heteroatoms. The van der Waals surface area contributed by atoms with E-state index in [1.807, 2.05) is 30.3 Å². The Bertz CT molecular complexity index is 801. The van der Waals surface area contributed by atoms with Gasteiger partial charge in [-0.25, -0.2) is 0 Å². The first-order valence-electron chi connectivity index (χ1n) is 9.64. The number of para-hydroxylation sites is 1.